The average molecular weight is 374 g/mol. The second-order valence-electron chi connectivity index (χ2n) is 8.07. The van der Waals surface area contributed by atoms with Crippen molar-refractivity contribution in [2.24, 2.45) is 17.3 Å². The smallest absolute Gasteiger partial charge is 0.319 e. The third kappa shape index (κ3) is 2.20. The Morgan fingerprint density at radius 3 is 2.74 bits per heavy atom. The third-order valence-electron chi connectivity index (χ3n) is 7.11. The second-order valence-corrected chi connectivity index (χ2v) is 8.07. The van der Waals surface area contributed by atoms with Gasteiger partial charge in [0.15, 0.2) is 5.79 Å². The Kier molecular flexibility index (Phi) is 4.00. The number of para-hydroxylation sites is 1. The first kappa shape index (κ1) is 17.5. The molecule has 1 saturated heterocycles. The first-order valence-corrected chi connectivity index (χ1v) is 10.0. The Bertz CT molecular complexity index is 742. The summed E-state index contributed by atoms with van der Waals surface area (Å²) in [4.78, 5) is 13.4. The van der Waals surface area contributed by atoms with Gasteiger partial charge in [0.05, 0.1) is 19.8 Å². The number of hydrogen-bond acceptors (Lipinski definition) is 6. The molecule has 2 aliphatic heterocycles. The fourth-order valence-corrected chi connectivity index (χ4v) is 6.19. The maximum Gasteiger partial charge on any atom is 0.319 e. The van der Waals surface area contributed by atoms with Gasteiger partial charge in [-0.2, -0.15) is 0 Å². The van der Waals surface area contributed by atoms with Crippen molar-refractivity contribution in [3.8, 4) is 5.75 Å². The highest BCUT2D eigenvalue weighted by Gasteiger charge is 2.72. The number of carbonyl (C=O) groups is 1. The summed E-state index contributed by atoms with van der Waals surface area (Å²) < 4.78 is 23.8. The molecule has 5 unspecified atom stereocenters. The largest absolute Gasteiger partial charge is 0.465 e. The molecule has 2 saturated carbocycles. The minimum absolute atomic E-state index is 0.0594. The summed E-state index contributed by atoms with van der Waals surface area (Å²) >= 11 is 0. The number of carbonyl (C=O) groups excluding carboxylic acids is 1. The normalized spacial score (nSPS) is 38.6. The van der Waals surface area contributed by atoms with Crippen molar-refractivity contribution < 1.29 is 28.8 Å². The maximum atomic E-state index is 13.4. The SMILES string of the molecule is CCOC(=O)C12C(O)Oc3ccccc3C1CC1(OCCO1)C1CCCC12. The van der Waals surface area contributed by atoms with E-state index in [0.717, 1.165) is 24.8 Å². The molecular weight excluding hydrogens is 348 g/mol. The lowest BCUT2D eigenvalue weighted by Gasteiger charge is -2.57. The van der Waals surface area contributed by atoms with E-state index in [9.17, 15) is 9.90 Å². The van der Waals surface area contributed by atoms with Crippen LogP contribution in [0.2, 0.25) is 0 Å². The standard InChI is InChI=1S/C21H26O6/c1-2-24-18(22)21-15-8-5-7-14(15)20(25-10-11-26-20)12-16(21)13-6-3-4-9-17(13)27-19(21)23/h3-4,6,9,14-16,19,23H,2,5,7-8,10-12H2,1H3. The summed E-state index contributed by atoms with van der Waals surface area (Å²) in [7, 11) is 0. The van der Waals surface area contributed by atoms with Crippen molar-refractivity contribution in [3.05, 3.63) is 29.8 Å². The van der Waals surface area contributed by atoms with E-state index in [0.29, 0.717) is 25.4 Å². The van der Waals surface area contributed by atoms with Crippen LogP contribution in [0.15, 0.2) is 24.3 Å². The van der Waals surface area contributed by atoms with E-state index < -0.39 is 17.5 Å². The molecule has 5 atom stereocenters. The van der Waals surface area contributed by atoms with E-state index >= 15 is 0 Å². The Labute approximate surface area is 158 Å². The highest BCUT2D eigenvalue weighted by atomic mass is 16.7. The first-order chi connectivity index (χ1) is 13.1. The summed E-state index contributed by atoms with van der Waals surface area (Å²) in [6.45, 7) is 3.22. The van der Waals surface area contributed by atoms with Crippen LogP contribution in [0.1, 0.15) is 44.1 Å². The molecule has 5 rings (SSSR count). The number of rotatable bonds is 2. The van der Waals surface area contributed by atoms with Crippen LogP contribution in [0, 0.1) is 17.3 Å². The minimum atomic E-state index is -1.24. The molecule has 3 fully saturated rings. The third-order valence-corrected chi connectivity index (χ3v) is 7.11. The van der Waals surface area contributed by atoms with E-state index in [-0.39, 0.29) is 30.3 Å². The Morgan fingerprint density at radius 1 is 1.22 bits per heavy atom. The fraction of sp³-hybridized carbons (Fsp3) is 0.667. The lowest BCUT2D eigenvalue weighted by atomic mass is 9.52. The van der Waals surface area contributed by atoms with Gasteiger partial charge in [-0.05, 0) is 37.3 Å². The van der Waals surface area contributed by atoms with Crippen molar-refractivity contribution in [3.63, 3.8) is 0 Å². The van der Waals surface area contributed by atoms with Crippen LogP contribution in [0.4, 0.5) is 0 Å². The van der Waals surface area contributed by atoms with Crippen molar-refractivity contribution in [1.82, 2.24) is 0 Å². The fourth-order valence-electron chi connectivity index (χ4n) is 6.19. The summed E-state index contributed by atoms with van der Waals surface area (Å²) in [5.74, 6) is -0.720. The molecule has 1 aromatic rings. The summed E-state index contributed by atoms with van der Waals surface area (Å²) in [5, 5.41) is 11.2. The van der Waals surface area contributed by atoms with Crippen LogP contribution in [-0.4, -0.2) is 43.0 Å². The molecule has 146 valence electrons. The molecule has 0 aromatic heterocycles. The van der Waals surface area contributed by atoms with Gasteiger partial charge in [0, 0.05) is 18.3 Å². The molecule has 4 aliphatic rings. The van der Waals surface area contributed by atoms with Crippen LogP contribution < -0.4 is 4.74 Å². The van der Waals surface area contributed by atoms with Gasteiger partial charge in [0.1, 0.15) is 11.2 Å². The predicted octanol–water partition coefficient (Wildman–Crippen LogP) is 2.59. The van der Waals surface area contributed by atoms with Crippen LogP contribution in [0.3, 0.4) is 0 Å². The van der Waals surface area contributed by atoms with Gasteiger partial charge in [0.25, 0.3) is 0 Å². The molecule has 0 amide bonds. The van der Waals surface area contributed by atoms with E-state index in [1.54, 1.807) is 6.92 Å². The first-order valence-electron chi connectivity index (χ1n) is 10.0. The number of aliphatic hydroxyl groups excluding tert-OH is 1. The van der Waals surface area contributed by atoms with Gasteiger partial charge in [-0.1, -0.05) is 24.6 Å². The Balaban J connectivity index is 1.71. The van der Waals surface area contributed by atoms with Gasteiger partial charge in [-0.25, -0.2) is 0 Å². The minimum Gasteiger partial charge on any atom is -0.465 e. The van der Waals surface area contributed by atoms with Gasteiger partial charge in [-0.15, -0.1) is 0 Å². The molecule has 2 heterocycles. The van der Waals surface area contributed by atoms with E-state index in [2.05, 4.69) is 0 Å². The van der Waals surface area contributed by atoms with Crippen molar-refractivity contribution in [1.29, 1.82) is 0 Å². The quantitative estimate of drug-likeness (QED) is 0.802. The average Bonchev–Trinajstić information content (AvgIpc) is 3.33. The van der Waals surface area contributed by atoms with Crippen LogP contribution >= 0.6 is 0 Å². The lowest BCUT2D eigenvalue weighted by Crippen LogP contribution is -2.65. The van der Waals surface area contributed by atoms with Gasteiger partial charge in [-0.3, -0.25) is 4.79 Å². The number of fused-ring (bicyclic) bond motifs is 6. The monoisotopic (exact) mass is 374 g/mol. The maximum absolute atomic E-state index is 13.4. The summed E-state index contributed by atoms with van der Waals surface area (Å²) in [5.41, 5.74) is -0.189. The second kappa shape index (κ2) is 6.19. The zero-order chi connectivity index (χ0) is 18.6. The van der Waals surface area contributed by atoms with Crippen LogP contribution in [0.25, 0.3) is 0 Å². The molecule has 27 heavy (non-hydrogen) atoms. The van der Waals surface area contributed by atoms with E-state index in [1.807, 2.05) is 24.3 Å². The summed E-state index contributed by atoms with van der Waals surface area (Å²) in [6.07, 6.45) is 2.03. The zero-order valence-electron chi connectivity index (χ0n) is 15.6. The molecule has 6 nitrogen and oxygen atoms in total. The highest BCUT2D eigenvalue weighted by molar-refractivity contribution is 5.81. The molecule has 1 N–H and O–H groups in total. The highest BCUT2D eigenvalue weighted by Crippen LogP contribution is 2.67. The molecule has 0 radical (unpaired) electrons. The Hall–Kier alpha value is -1.63. The molecule has 1 spiro atoms. The van der Waals surface area contributed by atoms with E-state index in [4.69, 9.17) is 18.9 Å². The number of ether oxygens (including phenoxy) is 4. The molecule has 0 bridgehead atoms. The summed E-state index contributed by atoms with van der Waals surface area (Å²) in [6, 6.07) is 7.65. The lowest BCUT2D eigenvalue weighted by molar-refractivity contribution is -0.280. The van der Waals surface area contributed by atoms with Crippen LogP contribution in [0.5, 0.6) is 5.75 Å². The van der Waals surface area contributed by atoms with Crippen molar-refractivity contribution in [2.45, 2.75) is 50.6 Å². The number of esters is 1. The molecule has 6 heteroatoms. The van der Waals surface area contributed by atoms with Gasteiger partial charge in [0.2, 0.25) is 6.29 Å². The number of aliphatic hydroxyl groups is 1. The molecule has 2 aliphatic carbocycles. The molecule has 1 aromatic carbocycles. The van der Waals surface area contributed by atoms with Crippen molar-refractivity contribution in [2.75, 3.05) is 19.8 Å². The van der Waals surface area contributed by atoms with Gasteiger partial charge < -0.3 is 24.1 Å². The predicted molar refractivity (Wildman–Crippen MR) is 95.0 cm³/mol. The van der Waals surface area contributed by atoms with E-state index in [1.165, 1.54) is 0 Å². The number of benzene rings is 1. The number of hydrogen-bond donors (Lipinski definition) is 1. The van der Waals surface area contributed by atoms with Crippen molar-refractivity contribution >= 4 is 5.97 Å². The van der Waals surface area contributed by atoms with Gasteiger partial charge >= 0.3 is 5.97 Å². The zero-order valence-corrected chi connectivity index (χ0v) is 15.6. The topological polar surface area (TPSA) is 74.2 Å². The Morgan fingerprint density at radius 2 is 1.96 bits per heavy atom. The van der Waals surface area contributed by atoms with Crippen LogP contribution in [-0.2, 0) is 19.0 Å². The molecular formula is C21H26O6.